The molecule has 1 aromatic carbocycles. The van der Waals surface area contributed by atoms with Gasteiger partial charge in [-0.2, -0.15) is 0 Å². The van der Waals surface area contributed by atoms with Gasteiger partial charge in [0.25, 0.3) is 0 Å². The molecule has 0 bridgehead atoms. The first-order chi connectivity index (χ1) is 11.5. The predicted molar refractivity (Wildman–Crippen MR) is 83.4 cm³/mol. The van der Waals surface area contributed by atoms with Gasteiger partial charge in [0.05, 0.1) is 16.9 Å². The maximum Gasteiger partial charge on any atom is 0.326 e. The first-order valence-corrected chi connectivity index (χ1v) is 8.30. The number of hydrogen-bond donors (Lipinski definition) is 0. The second kappa shape index (κ2) is 6.89. The van der Waals surface area contributed by atoms with E-state index in [9.17, 15) is 18.8 Å². The van der Waals surface area contributed by atoms with E-state index < -0.39 is 18.3 Å². The minimum absolute atomic E-state index is 0.0697. The summed E-state index contributed by atoms with van der Waals surface area (Å²) in [6.45, 7) is -0.774. The molecule has 1 saturated carbocycles. The van der Waals surface area contributed by atoms with Crippen LogP contribution in [0.4, 0.5) is 4.39 Å². The van der Waals surface area contributed by atoms with Gasteiger partial charge in [-0.3, -0.25) is 19.3 Å². The van der Waals surface area contributed by atoms with Gasteiger partial charge >= 0.3 is 5.97 Å². The molecule has 0 spiro atoms. The molecule has 7 heteroatoms. The van der Waals surface area contributed by atoms with Gasteiger partial charge in [0.15, 0.2) is 0 Å². The van der Waals surface area contributed by atoms with E-state index >= 15 is 0 Å². The van der Waals surface area contributed by atoms with Crippen molar-refractivity contribution in [2.24, 2.45) is 11.8 Å². The van der Waals surface area contributed by atoms with E-state index in [1.165, 1.54) is 18.2 Å². The fourth-order valence-electron chi connectivity index (χ4n) is 3.38. The molecule has 128 valence electrons. The van der Waals surface area contributed by atoms with Gasteiger partial charge in [0.1, 0.15) is 19.0 Å². The lowest BCUT2D eigenvalue weighted by Gasteiger charge is -2.19. The van der Waals surface area contributed by atoms with Gasteiger partial charge in [-0.1, -0.05) is 30.5 Å². The van der Waals surface area contributed by atoms with Crippen LogP contribution in [0.25, 0.3) is 0 Å². The molecule has 1 aliphatic carbocycles. The molecular weight excluding hydrogens is 337 g/mol. The fraction of sp³-hybridized carbons (Fsp3) is 0.471. The topological polar surface area (TPSA) is 63.7 Å². The van der Waals surface area contributed by atoms with Crippen molar-refractivity contribution in [1.82, 2.24) is 4.90 Å². The predicted octanol–water partition coefficient (Wildman–Crippen LogP) is 2.70. The number of hydrogen-bond acceptors (Lipinski definition) is 4. The molecule has 0 N–H and O–H groups in total. The van der Waals surface area contributed by atoms with Crippen LogP contribution in [0.1, 0.15) is 31.2 Å². The van der Waals surface area contributed by atoms with E-state index in [1.54, 1.807) is 0 Å². The van der Waals surface area contributed by atoms with Gasteiger partial charge in [-0.05, 0) is 25.0 Å². The molecule has 2 fully saturated rings. The van der Waals surface area contributed by atoms with Gasteiger partial charge in [0.2, 0.25) is 11.8 Å². The molecule has 0 aromatic heterocycles. The highest BCUT2D eigenvalue weighted by molar-refractivity contribution is 6.31. The number of fused-ring (bicyclic) bond motifs is 1. The van der Waals surface area contributed by atoms with Crippen LogP contribution in [-0.2, 0) is 25.7 Å². The highest BCUT2D eigenvalue weighted by Gasteiger charge is 2.48. The summed E-state index contributed by atoms with van der Waals surface area (Å²) in [5.74, 6) is -2.54. The smallest absolute Gasteiger partial charge is 0.326 e. The summed E-state index contributed by atoms with van der Waals surface area (Å²) in [7, 11) is 0. The van der Waals surface area contributed by atoms with Gasteiger partial charge in [0, 0.05) is 5.56 Å². The summed E-state index contributed by atoms with van der Waals surface area (Å²) in [4.78, 5) is 37.5. The van der Waals surface area contributed by atoms with Crippen LogP contribution in [0.2, 0.25) is 5.02 Å². The molecule has 0 radical (unpaired) electrons. The standard InChI is InChI=1S/C17H17ClFNO4/c18-13-6-3-7-14(19)12(13)9-24-15(21)8-20-16(22)10-4-1-2-5-11(10)17(20)23/h3,6-7,10-11H,1-2,4-5,8-9H2. The zero-order chi connectivity index (χ0) is 17.3. The third-order valence-corrected chi connectivity index (χ3v) is 5.01. The molecule has 1 heterocycles. The summed E-state index contributed by atoms with van der Waals surface area (Å²) in [6.07, 6.45) is 3.21. The Morgan fingerprint density at radius 1 is 1.21 bits per heavy atom. The molecule has 3 rings (SSSR count). The number of benzene rings is 1. The molecular formula is C17H17ClFNO4. The lowest BCUT2D eigenvalue weighted by atomic mass is 9.81. The molecule has 5 nitrogen and oxygen atoms in total. The minimum Gasteiger partial charge on any atom is -0.459 e. The first-order valence-electron chi connectivity index (χ1n) is 7.92. The Morgan fingerprint density at radius 2 is 1.83 bits per heavy atom. The Labute approximate surface area is 143 Å². The third kappa shape index (κ3) is 3.15. The number of carbonyl (C=O) groups excluding carboxylic acids is 3. The largest absolute Gasteiger partial charge is 0.459 e. The SMILES string of the molecule is O=C(CN1C(=O)C2CCCCC2C1=O)OCc1c(F)cccc1Cl. The van der Waals surface area contributed by atoms with Crippen molar-refractivity contribution in [2.45, 2.75) is 32.3 Å². The monoisotopic (exact) mass is 353 g/mol. The van der Waals surface area contributed by atoms with Crippen molar-refractivity contribution >= 4 is 29.4 Å². The highest BCUT2D eigenvalue weighted by atomic mass is 35.5. The zero-order valence-electron chi connectivity index (χ0n) is 13.0. The van der Waals surface area contributed by atoms with E-state index in [0.29, 0.717) is 12.8 Å². The summed E-state index contributed by atoms with van der Waals surface area (Å²) >= 11 is 5.86. The van der Waals surface area contributed by atoms with Crippen molar-refractivity contribution in [2.75, 3.05) is 6.54 Å². The number of ether oxygens (including phenoxy) is 1. The van der Waals surface area contributed by atoms with Crippen LogP contribution in [-0.4, -0.2) is 29.2 Å². The zero-order valence-corrected chi connectivity index (χ0v) is 13.7. The summed E-state index contributed by atoms with van der Waals surface area (Å²) in [5, 5.41) is 0.155. The van der Waals surface area contributed by atoms with Crippen LogP contribution in [0.5, 0.6) is 0 Å². The van der Waals surface area contributed by atoms with Crippen molar-refractivity contribution in [1.29, 1.82) is 0 Å². The van der Waals surface area contributed by atoms with Gasteiger partial charge in [-0.25, -0.2) is 4.39 Å². The van der Waals surface area contributed by atoms with Gasteiger partial charge < -0.3 is 4.74 Å². The maximum absolute atomic E-state index is 13.6. The average molecular weight is 354 g/mol. The molecule has 24 heavy (non-hydrogen) atoms. The van der Waals surface area contributed by atoms with Crippen LogP contribution < -0.4 is 0 Å². The van der Waals surface area contributed by atoms with Crippen LogP contribution >= 0.6 is 11.6 Å². The second-order valence-corrected chi connectivity index (χ2v) is 6.53. The molecule has 1 aromatic rings. The fourth-order valence-corrected chi connectivity index (χ4v) is 3.60. The Kier molecular flexibility index (Phi) is 4.85. The van der Waals surface area contributed by atoms with E-state index in [4.69, 9.17) is 16.3 Å². The van der Waals surface area contributed by atoms with Crippen LogP contribution in [0, 0.1) is 17.7 Å². The Bertz CT molecular complexity index is 649. The number of imide groups is 1. The van der Waals surface area contributed by atoms with Crippen molar-refractivity contribution in [3.63, 3.8) is 0 Å². The number of esters is 1. The van der Waals surface area contributed by atoms with E-state index in [1.807, 2.05) is 0 Å². The number of rotatable bonds is 4. The van der Waals surface area contributed by atoms with Crippen molar-refractivity contribution in [3.05, 3.63) is 34.6 Å². The summed E-state index contributed by atoms with van der Waals surface area (Å²) < 4.78 is 18.6. The number of nitrogens with zero attached hydrogens (tertiary/aromatic N) is 1. The average Bonchev–Trinajstić information content (AvgIpc) is 2.80. The lowest BCUT2D eigenvalue weighted by molar-refractivity contribution is -0.153. The minimum atomic E-state index is -0.755. The Morgan fingerprint density at radius 3 is 2.42 bits per heavy atom. The van der Waals surface area contributed by atoms with E-state index in [-0.39, 0.29) is 40.8 Å². The normalized spacial score (nSPS) is 23.3. The molecule has 2 unspecified atom stereocenters. The maximum atomic E-state index is 13.6. The van der Waals surface area contributed by atoms with E-state index in [2.05, 4.69) is 0 Å². The summed E-state index contributed by atoms with van der Waals surface area (Å²) in [6, 6.07) is 4.16. The van der Waals surface area contributed by atoms with E-state index in [0.717, 1.165) is 17.7 Å². The molecule has 2 atom stereocenters. The number of carbonyl (C=O) groups is 3. The van der Waals surface area contributed by atoms with Gasteiger partial charge in [-0.15, -0.1) is 0 Å². The lowest BCUT2D eigenvalue weighted by Crippen LogP contribution is -2.36. The quantitative estimate of drug-likeness (QED) is 0.616. The molecule has 2 aliphatic rings. The number of amides is 2. The second-order valence-electron chi connectivity index (χ2n) is 6.12. The Balaban J connectivity index is 1.61. The number of halogens is 2. The van der Waals surface area contributed by atoms with Crippen LogP contribution in [0.15, 0.2) is 18.2 Å². The van der Waals surface area contributed by atoms with Crippen LogP contribution in [0.3, 0.4) is 0 Å². The van der Waals surface area contributed by atoms with Crippen molar-refractivity contribution < 1.29 is 23.5 Å². The highest BCUT2D eigenvalue weighted by Crippen LogP contribution is 2.37. The molecule has 2 amide bonds. The Hall–Kier alpha value is -1.95. The van der Waals surface area contributed by atoms with Crippen molar-refractivity contribution in [3.8, 4) is 0 Å². The molecule has 1 aliphatic heterocycles. The molecule has 1 saturated heterocycles. The number of likely N-dealkylation sites (tertiary alicyclic amines) is 1. The summed E-state index contributed by atoms with van der Waals surface area (Å²) in [5.41, 5.74) is 0.0697. The first kappa shape index (κ1) is 16.9. The third-order valence-electron chi connectivity index (χ3n) is 4.66.